The summed E-state index contributed by atoms with van der Waals surface area (Å²) in [7, 11) is 0. The molecule has 1 aromatic carbocycles. The summed E-state index contributed by atoms with van der Waals surface area (Å²) < 4.78 is 2.50. The van der Waals surface area contributed by atoms with E-state index in [9.17, 15) is 14.9 Å². The summed E-state index contributed by atoms with van der Waals surface area (Å²) in [5.74, 6) is 0.782. The number of amides is 1. The largest absolute Gasteiger partial charge is 0.366 e. The molecule has 2 aromatic rings. The Morgan fingerprint density at radius 2 is 2.11 bits per heavy atom. The Morgan fingerprint density at radius 3 is 2.79 bits per heavy atom. The Hall–Kier alpha value is -2.75. The molecule has 1 amide bonds. The molecule has 0 unspecified atom stereocenters. The molecule has 0 atom stereocenters. The second-order valence-electron chi connectivity index (χ2n) is 6.74. The lowest BCUT2D eigenvalue weighted by Crippen LogP contribution is -2.41. The van der Waals surface area contributed by atoms with Crippen LogP contribution in [0.5, 0.6) is 0 Å². The summed E-state index contributed by atoms with van der Waals surface area (Å²) in [5.41, 5.74) is 0.725. The Bertz CT molecular complexity index is 901. The van der Waals surface area contributed by atoms with Crippen molar-refractivity contribution in [1.82, 2.24) is 20.1 Å². The molecule has 0 saturated carbocycles. The fraction of sp³-hybridized carbons (Fsp3) is 0.500. The van der Waals surface area contributed by atoms with Crippen molar-refractivity contribution in [1.29, 1.82) is 0 Å². The molecule has 9 nitrogen and oxygen atoms in total. The number of nitro benzene ring substituents is 1. The van der Waals surface area contributed by atoms with Gasteiger partial charge in [-0.15, -0.1) is 0 Å². The average Bonchev–Trinajstić information content (AvgIpc) is 3.07. The molecule has 150 valence electrons. The molecule has 1 aliphatic rings. The molecule has 0 bridgehead atoms. The second kappa shape index (κ2) is 8.96. The Morgan fingerprint density at radius 1 is 1.39 bits per heavy atom. The zero-order valence-corrected chi connectivity index (χ0v) is 16.6. The first-order chi connectivity index (χ1) is 13.5. The number of hydrogen-bond donors (Lipinski definition) is 2. The van der Waals surface area contributed by atoms with Crippen LogP contribution in [0.25, 0.3) is 0 Å². The van der Waals surface area contributed by atoms with Gasteiger partial charge in [0.15, 0.2) is 4.77 Å². The van der Waals surface area contributed by atoms with E-state index in [2.05, 4.69) is 15.5 Å². The molecular formula is C18H24N6O3S. The number of carbonyl (C=O) groups excluding carboxylic acids is 1. The van der Waals surface area contributed by atoms with E-state index in [0.29, 0.717) is 49.4 Å². The van der Waals surface area contributed by atoms with Crippen LogP contribution in [0.1, 0.15) is 25.6 Å². The molecule has 2 heterocycles. The summed E-state index contributed by atoms with van der Waals surface area (Å²) in [6.45, 7) is 4.48. The summed E-state index contributed by atoms with van der Waals surface area (Å²) in [5, 5.41) is 21.2. The number of anilines is 1. The van der Waals surface area contributed by atoms with Gasteiger partial charge in [-0.1, -0.05) is 12.1 Å². The highest BCUT2D eigenvalue weighted by molar-refractivity contribution is 7.71. The maximum Gasteiger partial charge on any atom is 0.292 e. The standard InChI is InChI=1S/C18H24N6O3S/c1-2-23-16(20-21-18(23)28)7-10-19-17(25)13-8-11-22(12-9-13)14-5-3-4-6-15(14)24(26)27/h3-6,13H,2,7-12H2,1H3,(H,19,25)(H,21,28). The van der Waals surface area contributed by atoms with Crippen LogP contribution in [0.4, 0.5) is 11.4 Å². The molecule has 1 aromatic heterocycles. The number of aromatic amines is 1. The van der Waals surface area contributed by atoms with Crippen LogP contribution in [0, 0.1) is 20.8 Å². The summed E-state index contributed by atoms with van der Waals surface area (Å²) >= 11 is 5.16. The fourth-order valence-corrected chi connectivity index (χ4v) is 3.86. The van der Waals surface area contributed by atoms with E-state index in [1.165, 1.54) is 6.07 Å². The van der Waals surface area contributed by atoms with Gasteiger partial charge in [-0.05, 0) is 38.0 Å². The lowest BCUT2D eigenvalue weighted by atomic mass is 9.95. The predicted octanol–water partition coefficient (Wildman–Crippen LogP) is 2.44. The first-order valence-electron chi connectivity index (χ1n) is 9.41. The van der Waals surface area contributed by atoms with Crippen LogP contribution in [0.3, 0.4) is 0 Å². The minimum Gasteiger partial charge on any atom is -0.366 e. The van der Waals surface area contributed by atoms with E-state index >= 15 is 0 Å². The van der Waals surface area contributed by atoms with Crippen molar-refractivity contribution in [2.24, 2.45) is 5.92 Å². The van der Waals surface area contributed by atoms with E-state index in [1.54, 1.807) is 18.2 Å². The monoisotopic (exact) mass is 404 g/mol. The molecule has 1 aliphatic heterocycles. The molecule has 1 saturated heterocycles. The van der Waals surface area contributed by atoms with Gasteiger partial charge in [0.1, 0.15) is 11.5 Å². The number of nitrogens with zero attached hydrogens (tertiary/aromatic N) is 4. The lowest BCUT2D eigenvalue weighted by Gasteiger charge is -2.32. The first-order valence-corrected chi connectivity index (χ1v) is 9.82. The number of nitro groups is 1. The van der Waals surface area contributed by atoms with Gasteiger partial charge >= 0.3 is 0 Å². The minimum atomic E-state index is -0.361. The van der Waals surface area contributed by atoms with E-state index in [-0.39, 0.29) is 22.4 Å². The summed E-state index contributed by atoms with van der Waals surface area (Å²) in [6.07, 6.45) is 1.96. The fourth-order valence-electron chi connectivity index (χ4n) is 3.58. The van der Waals surface area contributed by atoms with E-state index in [4.69, 9.17) is 12.2 Å². The second-order valence-corrected chi connectivity index (χ2v) is 7.12. The molecule has 10 heteroatoms. The lowest BCUT2D eigenvalue weighted by molar-refractivity contribution is -0.384. The first kappa shape index (κ1) is 20.0. The smallest absolute Gasteiger partial charge is 0.292 e. The van der Waals surface area contributed by atoms with Crippen LogP contribution >= 0.6 is 12.2 Å². The maximum atomic E-state index is 12.5. The van der Waals surface area contributed by atoms with Gasteiger partial charge in [-0.25, -0.2) is 0 Å². The van der Waals surface area contributed by atoms with Gasteiger partial charge < -0.3 is 14.8 Å². The van der Waals surface area contributed by atoms with Crippen molar-refractivity contribution >= 4 is 29.5 Å². The van der Waals surface area contributed by atoms with Crippen molar-refractivity contribution in [3.05, 3.63) is 45.0 Å². The molecule has 2 N–H and O–H groups in total. The highest BCUT2D eigenvalue weighted by Crippen LogP contribution is 2.31. The third kappa shape index (κ3) is 4.38. The molecule has 0 spiro atoms. The van der Waals surface area contributed by atoms with Gasteiger partial charge in [0.2, 0.25) is 5.91 Å². The van der Waals surface area contributed by atoms with Crippen LogP contribution in [-0.2, 0) is 17.8 Å². The Kier molecular flexibility index (Phi) is 6.40. The van der Waals surface area contributed by atoms with Gasteiger partial charge in [0.05, 0.1) is 4.92 Å². The number of H-pyrrole nitrogens is 1. The van der Waals surface area contributed by atoms with Gasteiger partial charge in [0.25, 0.3) is 5.69 Å². The zero-order valence-electron chi connectivity index (χ0n) is 15.8. The Labute approximate surface area is 167 Å². The normalized spacial score (nSPS) is 14.8. The molecule has 3 rings (SSSR count). The third-order valence-electron chi connectivity index (χ3n) is 5.09. The number of carbonyl (C=O) groups is 1. The van der Waals surface area contributed by atoms with E-state index in [0.717, 1.165) is 12.4 Å². The Balaban J connectivity index is 1.50. The van der Waals surface area contributed by atoms with Crippen molar-refractivity contribution in [2.75, 3.05) is 24.5 Å². The highest BCUT2D eigenvalue weighted by atomic mass is 32.1. The number of hydrogen-bond acceptors (Lipinski definition) is 6. The number of aromatic nitrogens is 3. The summed E-state index contributed by atoms with van der Waals surface area (Å²) in [4.78, 5) is 25.3. The van der Waals surface area contributed by atoms with E-state index < -0.39 is 0 Å². The molecule has 0 radical (unpaired) electrons. The molecule has 28 heavy (non-hydrogen) atoms. The van der Waals surface area contributed by atoms with Crippen LogP contribution in [0.15, 0.2) is 24.3 Å². The number of para-hydroxylation sites is 2. The highest BCUT2D eigenvalue weighted by Gasteiger charge is 2.27. The zero-order chi connectivity index (χ0) is 20.1. The van der Waals surface area contributed by atoms with Crippen LogP contribution < -0.4 is 10.2 Å². The van der Waals surface area contributed by atoms with Crippen LogP contribution in [0.2, 0.25) is 0 Å². The SMILES string of the molecule is CCn1c(CCNC(=O)C2CCN(c3ccccc3[N+](=O)[O-])CC2)n[nH]c1=S. The van der Waals surface area contributed by atoms with Crippen molar-refractivity contribution in [3.63, 3.8) is 0 Å². The van der Waals surface area contributed by atoms with Crippen molar-refractivity contribution < 1.29 is 9.72 Å². The van der Waals surface area contributed by atoms with Crippen LogP contribution in [-0.4, -0.2) is 45.2 Å². The number of benzene rings is 1. The number of piperidine rings is 1. The van der Waals surface area contributed by atoms with Gasteiger partial charge in [0, 0.05) is 44.6 Å². The molecule has 0 aliphatic carbocycles. The van der Waals surface area contributed by atoms with E-state index in [1.807, 2.05) is 16.4 Å². The number of nitrogens with one attached hydrogen (secondary N) is 2. The topological polar surface area (TPSA) is 109 Å². The van der Waals surface area contributed by atoms with Gasteiger partial charge in [-0.3, -0.25) is 20.0 Å². The number of rotatable bonds is 7. The predicted molar refractivity (Wildman–Crippen MR) is 108 cm³/mol. The van der Waals surface area contributed by atoms with Crippen molar-refractivity contribution in [3.8, 4) is 0 Å². The average molecular weight is 404 g/mol. The minimum absolute atomic E-state index is 0.0272. The quantitative estimate of drug-likeness (QED) is 0.417. The van der Waals surface area contributed by atoms with Crippen molar-refractivity contribution in [2.45, 2.75) is 32.7 Å². The van der Waals surface area contributed by atoms with Gasteiger partial charge in [-0.2, -0.15) is 5.10 Å². The third-order valence-corrected chi connectivity index (χ3v) is 5.40. The molecular weight excluding hydrogens is 380 g/mol. The summed E-state index contributed by atoms with van der Waals surface area (Å²) in [6, 6.07) is 6.74. The molecule has 1 fully saturated rings. The maximum absolute atomic E-state index is 12.5.